The van der Waals surface area contributed by atoms with Crippen molar-refractivity contribution in [2.24, 2.45) is 7.05 Å². The average Bonchev–Trinajstić information content (AvgIpc) is 3.26. The fourth-order valence-corrected chi connectivity index (χ4v) is 4.59. The molecule has 174 valence electrons. The number of benzene rings is 2. The molecule has 0 aliphatic carbocycles. The van der Waals surface area contributed by atoms with E-state index in [9.17, 15) is 13.6 Å². The topological polar surface area (TPSA) is 65.0 Å². The molecule has 3 heterocycles. The van der Waals surface area contributed by atoms with Crippen molar-refractivity contribution in [2.75, 3.05) is 18.7 Å². The Morgan fingerprint density at radius 3 is 2.85 bits per heavy atom. The smallest absolute Gasteiger partial charge is 0.387 e. The highest BCUT2D eigenvalue weighted by Gasteiger charge is 2.25. The van der Waals surface area contributed by atoms with Crippen LogP contribution in [0.1, 0.15) is 24.8 Å². The summed E-state index contributed by atoms with van der Waals surface area (Å²) < 4.78 is 43.3. The van der Waals surface area contributed by atoms with Gasteiger partial charge in [-0.05, 0) is 49.1 Å². The number of piperidine rings is 1. The van der Waals surface area contributed by atoms with Gasteiger partial charge < -0.3 is 24.1 Å². The van der Waals surface area contributed by atoms with Crippen LogP contribution in [0.2, 0.25) is 0 Å². The van der Waals surface area contributed by atoms with Gasteiger partial charge in [0.1, 0.15) is 5.75 Å². The van der Waals surface area contributed by atoms with Crippen LogP contribution in [0.25, 0.3) is 10.9 Å². The van der Waals surface area contributed by atoms with Crippen LogP contribution in [0.5, 0.6) is 17.2 Å². The number of alkyl halides is 2. The molecule has 1 atom stereocenters. The summed E-state index contributed by atoms with van der Waals surface area (Å²) in [6.07, 6.45) is 2.87. The Morgan fingerprint density at radius 2 is 2.00 bits per heavy atom. The quantitative estimate of drug-likeness (QED) is 0.596. The predicted molar refractivity (Wildman–Crippen MR) is 120 cm³/mol. The Balaban J connectivity index is 1.47. The number of fused-ring (bicyclic) bond motifs is 2. The summed E-state index contributed by atoms with van der Waals surface area (Å²) in [5.74, 6) is 1.52. The molecule has 3 aromatic rings. The summed E-state index contributed by atoms with van der Waals surface area (Å²) in [6.45, 7) is -1.18. The van der Waals surface area contributed by atoms with E-state index >= 15 is 0 Å². The highest BCUT2D eigenvalue weighted by Crippen LogP contribution is 2.35. The number of halogens is 2. The highest BCUT2D eigenvalue weighted by atomic mass is 19.3. The summed E-state index contributed by atoms with van der Waals surface area (Å²) in [5.41, 5.74) is 1.88. The molecule has 2 aliphatic rings. The Morgan fingerprint density at radius 1 is 1.15 bits per heavy atom. The summed E-state index contributed by atoms with van der Waals surface area (Å²) in [4.78, 5) is 14.9. The normalized spacial score (nSPS) is 18.1. The Labute approximate surface area is 189 Å². The Kier molecular flexibility index (Phi) is 5.80. The van der Waals surface area contributed by atoms with Crippen LogP contribution in [-0.4, -0.2) is 35.6 Å². The van der Waals surface area contributed by atoms with Crippen molar-refractivity contribution in [1.82, 2.24) is 9.47 Å². The first kappa shape index (κ1) is 21.5. The molecule has 1 aromatic heterocycles. The first-order valence-electron chi connectivity index (χ1n) is 11.0. The second-order valence-electron chi connectivity index (χ2n) is 8.30. The van der Waals surface area contributed by atoms with E-state index in [4.69, 9.17) is 14.2 Å². The summed E-state index contributed by atoms with van der Waals surface area (Å²) >= 11 is 0. The fourth-order valence-electron chi connectivity index (χ4n) is 4.59. The third-order valence-electron chi connectivity index (χ3n) is 6.21. The number of aromatic nitrogens is 1. The molecule has 0 amide bonds. The van der Waals surface area contributed by atoms with Crippen molar-refractivity contribution in [2.45, 2.75) is 38.6 Å². The van der Waals surface area contributed by atoms with Crippen LogP contribution < -0.4 is 25.1 Å². The first-order valence-corrected chi connectivity index (χ1v) is 11.0. The summed E-state index contributed by atoms with van der Waals surface area (Å²) in [5, 5.41) is 3.93. The third-order valence-corrected chi connectivity index (χ3v) is 6.21. The standard InChI is InChI=1S/C24H25F2N3O4/c1-28-17-5-4-6-19(33-24(25)26)23(17)16(12-22(28)30)27-21-7-2-3-10-29(21)13-15-8-9-18-20(11-15)32-14-31-18/h4-6,8-9,11-12,21,24,27H,2-3,7,10,13-14H2,1H3. The van der Waals surface area contributed by atoms with Crippen LogP contribution in [-0.2, 0) is 13.6 Å². The van der Waals surface area contributed by atoms with Crippen molar-refractivity contribution >= 4 is 16.6 Å². The van der Waals surface area contributed by atoms with Gasteiger partial charge in [-0.3, -0.25) is 9.69 Å². The van der Waals surface area contributed by atoms with Gasteiger partial charge in [0.2, 0.25) is 6.79 Å². The van der Waals surface area contributed by atoms with Gasteiger partial charge >= 0.3 is 6.61 Å². The molecule has 2 aliphatic heterocycles. The molecule has 0 radical (unpaired) electrons. The molecule has 1 fully saturated rings. The van der Waals surface area contributed by atoms with E-state index in [1.165, 1.54) is 16.7 Å². The number of nitrogens with zero attached hydrogens (tertiary/aromatic N) is 2. The van der Waals surface area contributed by atoms with Crippen molar-refractivity contribution in [3.05, 3.63) is 58.4 Å². The van der Waals surface area contributed by atoms with Gasteiger partial charge in [-0.15, -0.1) is 0 Å². The number of pyridine rings is 1. The molecular formula is C24H25F2N3O4. The lowest BCUT2D eigenvalue weighted by Crippen LogP contribution is -2.44. The van der Waals surface area contributed by atoms with E-state index in [2.05, 4.69) is 10.2 Å². The number of hydrogen-bond acceptors (Lipinski definition) is 6. The molecule has 0 bridgehead atoms. The van der Waals surface area contributed by atoms with Crippen LogP contribution in [0.4, 0.5) is 14.5 Å². The van der Waals surface area contributed by atoms with Crippen LogP contribution in [0, 0.1) is 0 Å². The molecule has 5 rings (SSSR count). The first-order chi connectivity index (χ1) is 16.0. The monoisotopic (exact) mass is 457 g/mol. The number of anilines is 1. The lowest BCUT2D eigenvalue weighted by Gasteiger charge is -2.37. The van der Waals surface area contributed by atoms with Gasteiger partial charge in [0, 0.05) is 26.2 Å². The zero-order chi connectivity index (χ0) is 22.9. The number of hydrogen-bond donors (Lipinski definition) is 1. The molecule has 1 unspecified atom stereocenters. The van der Waals surface area contributed by atoms with E-state index < -0.39 is 6.61 Å². The van der Waals surface area contributed by atoms with Gasteiger partial charge in [0.05, 0.1) is 22.8 Å². The zero-order valence-electron chi connectivity index (χ0n) is 18.2. The number of likely N-dealkylation sites (tertiary alicyclic amines) is 1. The summed E-state index contributed by atoms with van der Waals surface area (Å²) in [6, 6.07) is 12.2. The maximum absolute atomic E-state index is 13.1. The van der Waals surface area contributed by atoms with Gasteiger partial charge in [0.25, 0.3) is 5.56 Å². The maximum atomic E-state index is 13.1. The predicted octanol–water partition coefficient (Wildman–Crippen LogP) is 4.29. The van der Waals surface area contributed by atoms with Crippen LogP contribution in [0.3, 0.4) is 0 Å². The van der Waals surface area contributed by atoms with Crippen molar-refractivity contribution in [3.63, 3.8) is 0 Å². The molecule has 1 N–H and O–H groups in total. The third kappa shape index (κ3) is 4.32. The van der Waals surface area contributed by atoms with Crippen molar-refractivity contribution < 1.29 is 23.0 Å². The molecule has 2 aromatic carbocycles. The van der Waals surface area contributed by atoms with Crippen LogP contribution >= 0.6 is 0 Å². The SMILES string of the molecule is Cn1c(=O)cc(NC2CCCCN2Cc2ccc3c(c2)OCO3)c2c(OC(F)F)cccc21. The number of nitrogens with one attached hydrogen (secondary N) is 1. The Bertz CT molecular complexity index is 1230. The van der Waals surface area contributed by atoms with E-state index in [-0.39, 0.29) is 24.3 Å². The minimum Gasteiger partial charge on any atom is -0.454 e. The second kappa shape index (κ2) is 8.90. The number of rotatable bonds is 6. The van der Waals surface area contributed by atoms with E-state index in [0.29, 0.717) is 23.1 Å². The minimum atomic E-state index is -2.96. The fraction of sp³-hybridized carbons (Fsp3) is 0.375. The maximum Gasteiger partial charge on any atom is 0.387 e. The van der Waals surface area contributed by atoms with E-state index in [1.807, 2.05) is 18.2 Å². The number of aryl methyl sites for hydroxylation is 1. The van der Waals surface area contributed by atoms with Gasteiger partial charge in [0.15, 0.2) is 11.5 Å². The largest absolute Gasteiger partial charge is 0.454 e. The van der Waals surface area contributed by atoms with Gasteiger partial charge in [-0.25, -0.2) is 0 Å². The van der Waals surface area contributed by atoms with Gasteiger partial charge in [-0.2, -0.15) is 8.78 Å². The number of ether oxygens (including phenoxy) is 3. The molecule has 33 heavy (non-hydrogen) atoms. The second-order valence-corrected chi connectivity index (χ2v) is 8.30. The lowest BCUT2D eigenvalue weighted by atomic mass is 10.0. The highest BCUT2D eigenvalue weighted by molar-refractivity contribution is 5.96. The van der Waals surface area contributed by atoms with Crippen molar-refractivity contribution in [1.29, 1.82) is 0 Å². The zero-order valence-corrected chi connectivity index (χ0v) is 18.2. The van der Waals surface area contributed by atoms with Crippen molar-refractivity contribution in [3.8, 4) is 17.2 Å². The Hall–Kier alpha value is -3.33. The van der Waals surface area contributed by atoms with E-state index in [0.717, 1.165) is 42.9 Å². The molecule has 9 heteroatoms. The van der Waals surface area contributed by atoms with Gasteiger partial charge in [-0.1, -0.05) is 12.1 Å². The molecule has 1 saturated heterocycles. The molecular weight excluding hydrogens is 432 g/mol. The molecule has 0 spiro atoms. The summed E-state index contributed by atoms with van der Waals surface area (Å²) in [7, 11) is 1.62. The van der Waals surface area contributed by atoms with Crippen LogP contribution in [0.15, 0.2) is 47.3 Å². The molecule has 7 nitrogen and oxygen atoms in total. The minimum absolute atomic E-state index is 0.0405. The lowest BCUT2D eigenvalue weighted by molar-refractivity contribution is -0.0487. The molecule has 0 saturated carbocycles. The van der Waals surface area contributed by atoms with E-state index in [1.54, 1.807) is 19.2 Å². The average molecular weight is 457 g/mol.